The summed E-state index contributed by atoms with van der Waals surface area (Å²) in [6, 6.07) is 11.7. The average Bonchev–Trinajstić information content (AvgIpc) is 3.31. The van der Waals surface area contributed by atoms with Gasteiger partial charge in [0.1, 0.15) is 6.04 Å². The van der Waals surface area contributed by atoms with Crippen molar-refractivity contribution < 1.29 is 9.59 Å². The molecule has 2 aromatic rings. The number of carbonyl (C=O) groups is 2. The fourth-order valence-electron chi connectivity index (χ4n) is 2.92. The van der Waals surface area contributed by atoms with Gasteiger partial charge in [-0.2, -0.15) is 0 Å². The van der Waals surface area contributed by atoms with Gasteiger partial charge in [-0.05, 0) is 43.3 Å². The quantitative estimate of drug-likeness (QED) is 0.621. The van der Waals surface area contributed by atoms with E-state index in [0.29, 0.717) is 18.0 Å². The van der Waals surface area contributed by atoms with E-state index in [0.717, 1.165) is 18.6 Å². The third kappa shape index (κ3) is 4.64. The monoisotopic (exact) mass is 374 g/mol. The molecular formula is C19H22N2O2S2. The maximum Gasteiger partial charge on any atom is 0.264 e. The third-order valence-electron chi connectivity index (χ3n) is 4.24. The Labute approximate surface area is 156 Å². The number of aryl methyl sites for hydroxylation is 1. The van der Waals surface area contributed by atoms with Crippen LogP contribution in [0.4, 0.5) is 0 Å². The lowest BCUT2D eigenvalue weighted by Gasteiger charge is -2.23. The molecule has 4 nitrogen and oxygen atoms in total. The lowest BCUT2D eigenvalue weighted by Crippen LogP contribution is -2.46. The molecule has 0 bridgehead atoms. The standard InChI is InChI=1S/C19H22N2O2S2/c1-14-6-8-15(9-7-14)24-13-10-20-18(22)16-4-2-11-21(16)19(23)17-5-3-12-25-17/h3,5-9,12,16H,2,4,10-11,13H2,1H3,(H,20,22)/t16-/m0/s1. The molecule has 132 valence electrons. The highest BCUT2D eigenvalue weighted by Crippen LogP contribution is 2.22. The van der Waals surface area contributed by atoms with Gasteiger partial charge < -0.3 is 10.2 Å². The van der Waals surface area contributed by atoms with Gasteiger partial charge in [-0.1, -0.05) is 23.8 Å². The molecule has 1 aliphatic rings. The van der Waals surface area contributed by atoms with Crippen LogP contribution in [0.5, 0.6) is 0 Å². The summed E-state index contributed by atoms with van der Waals surface area (Å²) in [4.78, 5) is 28.6. The molecule has 2 amide bonds. The molecule has 0 unspecified atom stereocenters. The van der Waals surface area contributed by atoms with Crippen LogP contribution in [0.1, 0.15) is 28.1 Å². The number of nitrogens with one attached hydrogen (secondary N) is 1. The Morgan fingerprint density at radius 1 is 1.28 bits per heavy atom. The normalized spacial score (nSPS) is 16.8. The molecule has 0 spiro atoms. The van der Waals surface area contributed by atoms with Crippen molar-refractivity contribution in [1.82, 2.24) is 10.2 Å². The number of thioether (sulfide) groups is 1. The summed E-state index contributed by atoms with van der Waals surface area (Å²) >= 11 is 3.15. The summed E-state index contributed by atoms with van der Waals surface area (Å²) < 4.78 is 0. The van der Waals surface area contributed by atoms with Crippen molar-refractivity contribution in [3.05, 3.63) is 52.2 Å². The molecule has 1 aromatic carbocycles. The molecule has 0 radical (unpaired) electrons. The Balaban J connectivity index is 1.47. The molecule has 6 heteroatoms. The molecule has 0 aliphatic carbocycles. The SMILES string of the molecule is Cc1ccc(SCCNC(=O)[C@@H]2CCCN2C(=O)c2cccs2)cc1. The zero-order valence-corrected chi connectivity index (χ0v) is 15.9. The van der Waals surface area contributed by atoms with Crippen molar-refractivity contribution in [2.75, 3.05) is 18.8 Å². The predicted molar refractivity (Wildman–Crippen MR) is 103 cm³/mol. The third-order valence-corrected chi connectivity index (χ3v) is 6.11. The average molecular weight is 375 g/mol. The summed E-state index contributed by atoms with van der Waals surface area (Å²) in [5.41, 5.74) is 1.24. The molecule has 1 aliphatic heterocycles. The maximum atomic E-state index is 12.5. The van der Waals surface area contributed by atoms with Gasteiger partial charge in [0.05, 0.1) is 4.88 Å². The highest BCUT2D eigenvalue weighted by atomic mass is 32.2. The first-order valence-electron chi connectivity index (χ1n) is 8.47. The minimum Gasteiger partial charge on any atom is -0.353 e. The van der Waals surface area contributed by atoms with Crippen LogP contribution in [0.3, 0.4) is 0 Å². The zero-order chi connectivity index (χ0) is 17.6. The molecule has 1 fully saturated rings. The number of hydrogen-bond acceptors (Lipinski definition) is 4. The molecule has 3 rings (SSSR count). The van der Waals surface area contributed by atoms with Gasteiger partial charge >= 0.3 is 0 Å². The Morgan fingerprint density at radius 2 is 2.08 bits per heavy atom. The van der Waals surface area contributed by atoms with E-state index in [4.69, 9.17) is 0 Å². The second-order valence-electron chi connectivity index (χ2n) is 6.09. The number of carbonyl (C=O) groups excluding carboxylic acids is 2. The number of amides is 2. The molecule has 2 heterocycles. The number of likely N-dealkylation sites (tertiary alicyclic amines) is 1. The molecule has 25 heavy (non-hydrogen) atoms. The smallest absolute Gasteiger partial charge is 0.264 e. The van der Waals surface area contributed by atoms with Crippen molar-refractivity contribution in [2.45, 2.75) is 30.7 Å². The molecular weight excluding hydrogens is 352 g/mol. The number of nitrogens with zero attached hydrogens (tertiary/aromatic N) is 1. The highest BCUT2D eigenvalue weighted by Gasteiger charge is 2.34. The Hall–Kier alpha value is -1.79. The van der Waals surface area contributed by atoms with Gasteiger partial charge in [-0.15, -0.1) is 23.1 Å². The zero-order valence-electron chi connectivity index (χ0n) is 14.2. The van der Waals surface area contributed by atoms with E-state index >= 15 is 0 Å². The Kier molecular flexibility index (Phi) is 6.15. The first-order chi connectivity index (χ1) is 12.1. The first kappa shape index (κ1) is 18.0. The van der Waals surface area contributed by atoms with Crippen LogP contribution in [0.25, 0.3) is 0 Å². The van der Waals surface area contributed by atoms with Crippen LogP contribution in [-0.2, 0) is 4.79 Å². The van der Waals surface area contributed by atoms with E-state index in [2.05, 4.69) is 36.5 Å². The van der Waals surface area contributed by atoms with Crippen LogP contribution in [0, 0.1) is 6.92 Å². The first-order valence-corrected chi connectivity index (χ1v) is 10.3. The van der Waals surface area contributed by atoms with Crippen molar-refractivity contribution in [3.8, 4) is 0 Å². The molecule has 0 saturated carbocycles. The van der Waals surface area contributed by atoms with Crippen LogP contribution >= 0.6 is 23.1 Å². The van der Waals surface area contributed by atoms with Crippen molar-refractivity contribution in [2.24, 2.45) is 0 Å². The van der Waals surface area contributed by atoms with E-state index in [1.165, 1.54) is 21.8 Å². The van der Waals surface area contributed by atoms with Crippen LogP contribution in [-0.4, -0.2) is 41.6 Å². The summed E-state index contributed by atoms with van der Waals surface area (Å²) in [5, 5.41) is 4.88. The van der Waals surface area contributed by atoms with Gasteiger partial charge in [0.15, 0.2) is 0 Å². The van der Waals surface area contributed by atoms with Gasteiger partial charge in [-0.3, -0.25) is 9.59 Å². The fourth-order valence-corrected chi connectivity index (χ4v) is 4.37. The van der Waals surface area contributed by atoms with Gasteiger partial charge in [-0.25, -0.2) is 0 Å². The van der Waals surface area contributed by atoms with Crippen molar-refractivity contribution in [1.29, 1.82) is 0 Å². The minimum atomic E-state index is -0.334. The predicted octanol–water partition coefficient (Wildman–Crippen LogP) is 3.57. The topological polar surface area (TPSA) is 49.4 Å². The molecule has 1 aromatic heterocycles. The van der Waals surface area contributed by atoms with E-state index in [1.807, 2.05) is 17.5 Å². The summed E-state index contributed by atoms with van der Waals surface area (Å²) in [6.07, 6.45) is 1.63. The second-order valence-corrected chi connectivity index (χ2v) is 8.20. The summed E-state index contributed by atoms with van der Waals surface area (Å²) in [7, 11) is 0. The largest absolute Gasteiger partial charge is 0.353 e. The molecule has 1 atom stereocenters. The summed E-state index contributed by atoms with van der Waals surface area (Å²) in [5.74, 6) is 0.758. The number of hydrogen-bond donors (Lipinski definition) is 1. The number of rotatable bonds is 6. The Bertz CT molecular complexity index is 714. The van der Waals surface area contributed by atoms with E-state index in [-0.39, 0.29) is 17.9 Å². The van der Waals surface area contributed by atoms with Crippen LogP contribution in [0.15, 0.2) is 46.7 Å². The van der Waals surface area contributed by atoms with Crippen LogP contribution in [0.2, 0.25) is 0 Å². The fraction of sp³-hybridized carbons (Fsp3) is 0.368. The maximum absolute atomic E-state index is 12.5. The minimum absolute atomic E-state index is 0.0262. The van der Waals surface area contributed by atoms with Gasteiger partial charge in [0.2, 0.25) is 5.91 Å². The molecule has 1 N–H and O–H groups in total. The number of benzene rings is 1. The van der Waals surface area contributed by atoms with E-state index < -0.39 is 0 Å². The second kappa shape index (κ2) is 8.54. The van der Waals surface area contributed by atoms with Gasteiger partial charge in [0, 0.05) is 23.7 Å². The van der Waals surface area contributed by atoms with E-state index in [9.17, 15) is 9.59 Å². The van der Waals surface area contributed by atoms with Crippen LogP contribution < -0.4 is 5.32 Å². The summed E-state index contributed by atoms with van der Waals surface area (Å²) in [6.45, 7) is 3.33. The highest BCUT2D eigenvalue weighted by molar-refractivity contribution is 7.99. The van der Waals surface area contributed by atoms with Gasteiger partial charge in [0.25, 0.3) is 5.91 Å². The lowest BCUT2D eigenvalue weighted by molar-refractivity contribution is -0.124. The van der Waals surface area contributed by atoms with Crippen molar-refractivity contribution >= 4 is 34.9 Å². The van der Waals surface area contributed by atoms with Crippen molar-refractivity contribution in [3.63, 3.8) is 0 Å². The van der Waals surface area contributed by atoms with E-state index in [1.54, 1.807) is 16.7 Å². The number of thiophene rings is 1. The lowest BCUT2D eigenvalue weighted by atomic mass is 10.2. The Morgan fingerprint density at radius 3 is 2.80 bits per heavy atom. The molecule has 1 saturated heterocycles.